The molecule has 0 amide bonds. The molecule has 154 valence electrons. The van der Waals surface area contributed by atoms with Crippen LogP contribution in [0.4, 0.5) is 13.2 Å². The van der Waals surface area contributed by atoms with E-state index in [4.69, 9.17) is 9.26 Å². The standard InChI is InChI=1S/C21H16F3N3O3/c1-12-17-19(30-26-12)18(15-5-3-4-6-16(15)29-2)25-27(20(17)28)11-13-7-9-14(10-8-13)21(22,23)24/h3-10H,11H2,1-2H3. The van der Waals surface area contributed by atoms with Crippen LogP contribution in [-0.4, -0.2) is 22.0 Å². The lowest BCUT2D eigenvalue weighted by molar-refractivity contribution is -0.137. The second-order valence-electron chi connectivity index (χ2n) is 6.68. The maximum Gasteiger partial charge on any atom is 0.416 e. The number of aromatic nitrogens is 3. The topological polar surface area (TPSA) is 70.2 Å². The minimum absolute atomic E-state index is 0.0142. The van der Waals surface area contributed by atoms with E-state index in [-0.39, 0.29) is 17.5 Å². The van der Waals surface area contributed by atoms with Crippen LogP contribution in [0.25, 0.3) is 22.2 Å². The van der Waals surface area contributed by atoms with Gasteiger partial charge in [-0.15, -0.1) is 0 Å². The molecule has 2 heterocycles. The van der Waals surface area contributed by atoms with Crippen molar-refractivity contribution in [3.05, 3.63) is 75.7 Å². The highest BCUT2D eigenvalue weighted by Gasteiger charge is 2.30. The molecule has 0 bridgehead atoms. The number of halogens is 3. The minimum atomic E-state index is -4.43. The van der Waals surface area contributed by atoms with Gasteiger partial charge in [0.25, 0.3) is 5.56 Å². The lowest BCUT2D eigenvalue weighted by atomic mass is 10.1. The van der Waals surface area contributed by atoms with Crippen molar-refractivity contribution in [3.8, 4) is 17.0 Å². The fourth-order valence-electron chi connectivity index (χ4n) is 3.22. The van der Waals surface area contributed by atoms with E-state index in [2.05, 4.69) is 10.3 Å². The molecule has 0 aliphatic carbocycles. The average Bonchev–Trinajstić information content (AvgIpc) is 3.12. The first-order chi connectivity index (χ1) is 14.3. The number of hydrogen-bond donors (Lipinski definition) is 0. The molecule has 0 saturated heterocycles. The number of ether oxygens (including phenoxy) is 1. The van der Waals surface area contributed by atoms with Crippen molar-refractivity contribution >= 4 is 11.0 Å². The molecule has 0 spiro atoms. The summed E-state index contributed by atoms with van der Waals surface area (Å²) in [5.41, 5.74) is 0.878. The van der Waals surface area contributed by atoms with Gasteiger partial charge in [-0.3, -0.25) is 4.79 Å². The molecule has 2 aromatic heterocycles. The van der Waals surface area contributed by atoms with E-state index >= 15 is 0 Å². The Kier molecular flexibility index (Phi) is 4.81. The van der Waals surface area contributed by atoms with Crippen molar-refractivity contribution in [3.63, 3.8) is 0 Å². The summed E-state index contributed by atoms with van der Waals surface area (Å²) < 4.78 is 50.4. The van der Waals surface area contributed by atoms with Gasteiger partial charge in [-0.25, -0.2) is 4.68 Å². The maximum atomic E-state index is 13.0. The van der Waals surface area contributed by atoms with Crippen LogP contribution in [0.3, 0.4) is 0 Å². The Balaban J connectivity index is 1.86. The quantitative estimate of drug-likeness (QED) is 0.493. The number of para-hydroxylation sites is 1. The number of hydrogen-bond acceptors (Lipinski definition) is 5. The van der Waals surface area contributed by atoms with Crippen LogP contribution < -0.4 is 10.3 Å². The van der Waals surface area contributed by atoms with Gasteiger partial charge in [0.2, 0.25) is 5.58 Å². The van der Waals surface area contributed by atoms with E-state index in [1.165, 1.54) is 23.9 Å². The number of benzene rings is 2. The molecule has 0 aliphatic rings. The molecule has 0 fully saturated rings. The van der Waals surface area contributed by atoms with Crippen molar-refractivity contribution in [2.24, 2.45) is 0 Å². The highest BCUT2D eigenvalue weighted by molar-refractivity contribution is 5.91. The van der Waals surface area contributed by atoms with Crippen molar-refractivity contribution in [1.29, 1.82) is 0 Å². The monoisotopic (exact) mass is 415 g/mol. The normalized spacial score (nSPS) is 11.8. The summed E-state index contributed by atoms with van der Waals surface area (Å²) in [6.07, 6.45) is -4.43. The third-order valence-electron chi connectivity index (χ3n) is 4.72. The van der Waals surface area contributed by atoms with Crippen LogP contribution in [0.1, 0.15) is 16.8 Å². The number of rotatable bonds is 4. The van der Waals surface area contributed by atoms with Crippen LogP contribution in [-0.2, 0) is 12.7 Å². The highest BCUT2D eigenvalue weighted by atomic mass is 19.4. The van der Waals surface area contributed by atoms with E-state index in [1.54, 1.807) is 31.2 Å². The maximum absolute atomic E-state index is 13.0. The Hall–Kier alpha value is -3.62. The molecule has 0 saturated carbocycles. The molecule has 0 N–H and O–H groups in total. The van der Waals surface area contributed by atoms with E-state index in [9.17, 15) is 18.0 Å². The molecular weight excluding hydrogens is 399 g/mol. The number of methoxy groups -OCH3 is 1. The molecule has 2 aromatic carbocycles. The molecule has 0 atom stereocenters. The smallest absolute Gasteiger partial charge is 0.416 e. The molecule has 4 aromatic rings. The lowest BCUT2D eigenvalue weighted by Crippen LogP contribution is -2.24. The van der Waals surface area contributed by atoms with Gasteiger partial charge < -0.3 is 9.26 Å². The Morgan fingerprint density at radius 3 is 2.47 bits per heavy atom. The van der Waals surface area contributed by atoms with E-state index in [1.807, 2.05) is 0 Å². The Morgan fingerprint density at radius 2 is 1.80 bits per heavy atom. The van der Waals surface area contributed by atoms with Gasteiger partial charge >= 0.3 is 6.18 Å². The fraction of sp³-hybridized carbons (Fsp3) is 0.190. The van der Waals surface area contributed by atoms with Gasteiger partial charge in [0.1, 0.15) is 16.8 Å². The number of fused-ring (bicyclic) bond motifs is 1. The van der Waals surface area contributed by atoms with Crippen LogP contribution in [0.15, 0.2) is 57.8 Å². The van der Waals surface area contributed by atoms with Crippen molar-refractivity contribution in [2.75, 3.05) is 7.11 Å². The summed E-state index contributed by atoms with van der Waals surface area (Å²) in [6, 6.07) is 11.7. The summed E-state index contributed by atoms with van der Waals surface area (Å²) >= 11 is 0. The first-order valence-corrected chi connectivity index (χ1v) is 8.96. The first kappa shape index (κ1) is 19.7. The average molecular weight is 415 g/mol. The zero-order chi connectivity index (χ0) is 21.5. The number of nitrogens with zero attached hydrogens (tertiary/aromatic N) is 3. The minimum Gasteiger partial charge on any atom is -0.496 e. The third kappa shape index (κ3) is 3.42. The van der Waals surface area contributed by atoms with Crippen LogP contribution >= 0.6 is 0 Å². The highest BCUT2D eigenvalue weighted by Crippen LogP contribution is 2.33. The fourth-order valence-corrected chi connectivity index (χ4v) is 3.22. The molecule has 0 aliphatic heterocycles. The van der Waals surface area contributed by atoms with Gasteiger partial charge in [-0.1, -0.05) is 29.4 Å². The van der Waals surface area contributed by atoms with Crippen molar-refractivity contribution in [2.45, 2.75) is 19.6 Å². The summed E-state index contributed by atoms with van der Waals surface area (Å²) in [5, 5.41) is 8.58. The van der Waals surface area contributed by atoms with E-state index in [0.29, 0.717) is 28.3 Å². The summed E-state index contributed by atoms with van der Waals surface area (Å²) in [7, 11) is 1.51. The molecular formula is C21H16F3N3O3. The Morgan fingerprint density at radius 1 is 1.10 bits per heavy atom. The van der Waals surface area contributed by atoms with Crippen LogP contribution in [0.5, 0.6) is 5.75 Å². The van der Waals surface area contributed by atoms with Gasteiger partial charge in [-0.05, 0) is 36.8 Å². The predicted octanol–water partition coefficient (Wildman–Crippen LogP) is 4.44. The number of alkyl halides is 3. The van der Waals surface area contributed by atoms with Crippen molar-refractivity contribution in [1.82, 2.24) is 14.9 Å². The zero-order valence-corrected chi connectivity index (χ0v) is 16.0. The lowest BCUT2D eigenvalue weighted by Gasteiger charge is -2.12. The second kappa shape index (κ2) is 7.33. The summed E-state index contributed by atoms with van der Waals surface area (Å²) in [5.74, 6) is 0.528. The third-order valence-corrected chi connectivity index (χ3v) is 4.72. The summed E-state index contributed by atoms with van der Waals surface area (Å²) in [6.45, 7) is 1.63. The van der Waals surface area contributed by atoms with Gasteiger partial charge in [0.05, 0.1) is 24.9 Å². The summed E-state index contributed by atoms with van der Waals surface area (Å²) in [4.78, 5) is 13.0. The van der Waals surface area contributed by atoms with Gasteiger partial charge in [0.15, 0.2) is 0 Å². The Bertz CT molecular complexity index is 1270. The van der Waals surface area contributed by atoms with Crippen LogP contribution in [0.2, 0.25) is 0 Å². The Labute approximate surface area is 168 Å². The predicted molar refractivity (Wildman–Crippen MR) is 103 cm³/mol. The molecule has 0 unspecified atom stereocenters. The molecule has 4 rings (SSSR count). The zero-order valence-electron chi connectivity index (χ0n) is 16.0. The van der Waals surface area contributed by atoms with Crippen molar-refractivity contribution < 1.29 is 22.4 Å². The largest absolute Gasteiger partial charge is 0.496 e. The molecule has 9 heteroatoms. The molecule has 30 heavy (non-hydrogen) atoms. The van der Waals surface area contributed by atoms with E-state index < -0.39 is 17.3 Å². The van der Waals surface area contributed by atoms with E-state index in [0.717, 1.165) is 12.1 Å². The van der Waals surface area contributed by atoms with Gasteiger partial charge in [-0.2, -0.15) is 18.3 Å². The van der Waals surface area contributed by atoms with Gasteiger partial charge in [0, 0.05) is 5.56 Å². The number of aryl methyl sites for hydroxylation is 1. The van der Waals surface area contributed by atoms with Crippen LogP contribution in [0, 0.1) is 6.92 Å². The first-order valence-electron chi connectivity index (χ1n) is 8.96. The molecule has 0 radical (unpaired) electrons. The second-order valence-corrected chi connectivity index (χ2v) is 6.68. The molecule has 6 nitrogen and oxygen atoms in total. The SMILES string of the molecule is COc1ccccc1-c1nn(Cc2ccc(C(F)(F)F)cc2)c(=O)c2c(C)noc12.